The number of hydrogen-bond acceptors (Lipinski definition) is 3. The zero-order valence-corrected chi connectivity index (χ0v) is 11.8. The molecule has 3 nitrogen and oxygen atoms in total. The van der Waals surface area contributed by atoms with Crippen LogP contribution >= 0.6 is 11.3 Å². The summed E-state index contributed by atoms with van der Waals surface area (Å²) in [6, 6.07) is 2.06. The highest BCUT2D eigenvalue weighted by Gasteiger charge is 2.27. The SMILES string of the molecule is COCCN(Cc1ccsc1)C(=O)C(C)(C)C. The van der Waals surface area contributed by atoms with Crippen LogP contribution in [-0.4, -0.2) is 31.1 Å². The van der Waals surface area contributed by atoms with Crippen LogP contribution in [0.5, 0.6) is 0 Å². The second-order valence-electron chi connectivity index (χ2n) is 5.10. The molecule has 1 rings (SSSR count). The highest BCUT2D eigenvalue weighted by Crippen LogP contribution is 2.19. The molecule has 4 heteroatoms. The van der Waals surface area contributed by atoms with Crippen LogP contribution in [0.4, 0.5) is 0 Å². The zero-order valence-electron chi connectivity index (χ0n) is 11.0. The molecule has 1 heterocycles. The van der Waals surface area contributed by atoms with Crippen LogP contribution in [-0.2, 0) is 16.1 Å². The maximum atomic E-state index is 12.3. The molecule has 96 valence electrons. The van der Waals surface area contributed by atoms with Gasteiger partial charge in [0.15, 0.2) is 0 Å². The van der Waals surface area contributed by atoms with Gasteiger partial charge in [0, 0.05) is 25.6 Å². The van der Waals surface area contributed by atoms with E-state index in [-0.39, 0.29) is 11.3 Å². The smallest absolute Gasteiger partial charge is 0.228 e. The molecule has 0 fully saturated rings. The van der Waals surface area contributed by atoms with E-state index in [0.717, 1.165) is 0 Å². The van der Waals surface area contributed by atoms with Crippen molar-refractivity contribution < 1.29 is 9.53 Å². The van der Waals surface area contributed by atoms with Crippen molar-refractivity contribution in [2.75, 3.05) is 20.3 Å². The largest absolute Gasteiger partial charge is 0.383 e. The van der Waals surface area contributed by atoms with Gasteiger partial charge < -0.3 is 9.64 Å². The van der Waals surface area contributed by atoms with Crippen molar-refractivity contribution in [2.45, 2.75) is 27.3 Å². The number of amides is 1. The summed E-state index contributed by atoms with van der Waals surface area (Å²) in [5.41, 5.74) is 0.840. The van der Waals surface area contributed by atoms with E-state index in [1.807, 2.05) is 31.1 Å². The van der Waals surface area contributed by atoms with Gasteiger partial charge in [0.1, 0.15) is 0 Å². The van der Waals surface area contributed by atoms with Gasteiger partial charge in [0.05, 0.1) is 6.61 Å². The van der Waals surface area contributed by atoms with Crippen molar-refractivity contribution in [1.29, 1.82) is 0 Å². The van der Waals surface area contributed by atoms with Crippen molar-refractivity contribution in [1.82, 2.24) is 4.90 Å². The minimum atomic E-state index is -0.343. The first-order valence-electron chi connectivity index (χ1n) is 5.74. The van der Waals surface area contributed by atoms with Gasteiger partial charge in [-0.25, -0.2) is 0 Å². The van der Waals surface area contributed by atoms with E-state index in [0.29, 0.717) is 19.7 Å². The van der Waals surface area contributed by atoms with E-state index in [4.69, 9.17) is 4.74 Å². The van der Waals surface area contributed by atoms with Gasteiger partial charge in [-0.05, 0) is 22.4 Å². The highest BCUT2D eigenvalue weighted by molar-refractivity contribution is 7.07. The molecule has 0 bridgehead atoms. The third-order valence-corrected chi connectivity index (χ3v) is 3.18. The Morgan fingerprint density at radius 1 is 1.47 bits per heavy atom. The number of methoxy groups -OCH3 is 1. The minimum Gasteiger partial charge on any atom is -0.383 e. The fourth-order valence-corrected chi connectivity index (χ4v) is 2.19. The van der Waals surface area contributed by atoms with E-state index in [1.165, 1.54) is 5.56 Å². The maximum Gasteiger partial charge on any atom is 0.228 e. The van der Waals surface area contributed by atoms with E-state index in [9.17, 15) is 4.79 Å². The van der Waals surface area contributed by atoms with Crippen LogP contribution in [0.2, 0.25) is 0 Å². The maximum absolute atomic E-state index is 12.3. The number of carbonyl (C=O) groups excluding carboxylic acids is 1. The molecule has 0 radical (unpaired) electrons. The first-order chi connectivity index (χ1) is 7.95. The summed E-state index contributed by atoms with van der Waals surface area (Å²) < 4.78 is 5.06. The lowest BCUT2D eigenvalue weighted by Gasteiger charge is -2.29. The number of rotatable bonds is 5. The number of hydrogen-bond donors (Lipinski definition) is 0. The number of thiophene rings is 1. The van der Waals surface area contributed by atoms with Gasteiger partial charge in [-0.3, -0.25) is 4.79 Å². The standard InChI is InChI=1S/C13H21NO2S/c1-13(2,3)12(15)14(6-7-16-4)9-11-5-8-17-10-11/h5,8,10H,6-7,9H2,1-4H3. The lowest BCUT2D eigenvalue weighted by atomic mass is 9.94. The molecule has 0 spiro atoms. The average molecular weight is 255 g/mol. The minimum absolute atomic E-state index is 0.167. The lowest BCUT2D eigenvalue weighted by molar-refractivity contribution is -0.140. The van der Waals surface area contributed by atoms with Gasteiger partial charge >= 0.3 is 0 Å². The van der Waals surface area contributed by atoms with Gasteiger partial charge in [-0.1, -0.05) is 20.8 Å². The Morgan fingerprint density at radius 3 is 2.65 bits per heavy atom. The molecule has 0 N–H and O–H groups in total. The Kier molecular flexibility index (Phi) is 5.15. The second kappa shape index (κ2) is 6.17. The summed E-state index contributed by atoms with van der Waals surface area (Å²) >= 11 is 1.66. The highest BCUT2D eigenvalue weighted by atomic mass is 32.1. The number of nitrogens with zero attached hydrogens (tertiary/aromatic N) is 1. The quantitative estimate of drug-likeness (QED) is 0.809. The Hall–Kier alpha value is -0.870. The summed E-state index contributed by atoms with van der Waals surface area (Å²) in [6.07, 6.45) is 0. The van der Waals surface area contributed by atoms with Crippen molar-refractivity contribution in [3.63, 3.8) is 0 Å². The molecule has 0 atom stereocenters. The fourth-order valence-electron chi connectivity index (χ4n) is 1.53. The molecule has 0 aliphatic carbocycles. The third kappa shape index (κ3) is 4.48. The molecular formula is C13H21NO2S. The molecule has 0 aromatic carbocycles. The molecule has 0 aliphatic rings. The summed E-state index contributed by atoms with van der Waals surface area (Å²) in [5.74, 6) is 0.167. The first-order valence-corrected chi connectivity index (χ1v) is 6.69. The van der Waals surface area contributed by atoms with Crippen molar-refractivity contribution in [2.24, 2.45) is 5.41 Å². The van der Waals surface area contributed by atoms with Crippen LogP contribution in [0.3, 0.4) is 0 Å². The van der Waals surface area contributed by atoms with Crippen LogP contribution in [0, 0.1) is 5.41 Å². The van der Waals surface area contributed by atoms with Crippen LogP contribution in [0.15, 0.2) is 16.8 Å². The zero-order chi connectivity index (χ0) is 12.9. The van der Waals surface area contributed by atoms with Gasteiger partial charge in [-0.15, -0.1) is 0 Å². The topological polar surface area (TPSA) is 29.5 Å². The van der Waals surface area contributed by atoms with Gasteiger partial charge in [0.2, 0.25) is 5.91 Å². The normalized spacial score (nSPS) is 11.5. The Morgan fingerprint density at radius 2 is 2.18 bits per heavy atom. The van der Waals surface area contributed by atoms with Crippen LogP contribution in [0.1, 0.15) is 26.3 Å². The van der Waals surface area contributed by atoms with E-state index in [1.54, 1.807) is 18.4 Å². The molecule has 1 amide bonds. The summed E-state index contributed by atoms with van der Waals surface area (Å²) in [7, 11) is 1.66. The van der Waals surface area contributed by atoms with Crippen molar-refractivity contribution in [3.05, 3.63) is 22.4 Å². The van der Waals surface area contributed by atoms with Crippen molar-refractivity contribution >= 4 is 17.2 Å². The van der Waals surface area contributed by atoms with Crippen molar-refractivity contribution in [3.8, 4) is 0 Å². The molecule has 17 heavy (non-hydrogen) atoms. The van der Waals surface area contributed by atoms with Crippen LogP contribution in [0.25, 0.3) is 0 Å². The number of ether oxygens (including phenoxy) is 1. The summed E-state index contributed by atoms with van der Waals surface area (Å²) in [5, 5.41) is 4.11. The number of carbonyl (C=O) groups is 1. The first kappa shape index (κ1) is 14.2. The average Bonchev–Trinajstić information content (AvgIpc) is 2.74. The van der Waals surface area contributed by atoms with E-state index < -0.39 is 0 Å². The van der Waals surface area contributed by atoms with Gasteiger partial charge in [-0.2, -0.15) is 11.3 Å². The summed E-state index contributed by atoms with van der Waals surface area (Å²) in [4.78, 5) is 14.1. The van der Waals surface area contributed by atoms with E-state index >= 15 is 0 Å². The molecule has 1 aromatic rings. The molecule has 0 aliphatic heterocycles. The molecular weight excluding hydrogens is 234 g/mol. The Labute approximate surface area is 107 Å². The van der Waals surface area contributed by atoms with Crippen LogP contribution < -0.4 is 0 Å². The predicted octanol–water partition coefficient (Wildman–Crippen LogP) is 2.77. The molecule has 0 unspecified atom stereocenters. The lowest BCUT2D eigenvalue weighted by Crippen LogP contribution is -2.40. The summed E-state index contributed by atoms with van der Waals surface area (Å²) in [6.45, 7) is 7.73. The Balaban J connectivity index is 2.70. The molecule has 0 saturated heterocycles. The van der Waals surface area contributed by atoms with E-state index in [2.05, 4.69) is 11.4 Å². The third-order valence-electron chi connectivity index (χ3n) is 2.45. The Bertz CT molecular complexity index is 341. The molecule has 0 saturated carbocycles. The predicted molar refractivity (Wildman–Crippen MR) is 71.1 cm³/mol. The fraction of sp³-hybridized carbons (Fsp3) is 0.615. The molecule has 1 aromatic heterocycles. The second-order valence-corrected chi connectivity index (χ2v) is 5.88. The monoisotopic (exact) mass is 255 g/mol. The van der Waals surface area contributed by atoms with Gasteiger partial charge in [0.25, 0.3) is 0 Å².